The topological polar surface area (TPSA) is 58.2 Å². The first-order valence-corrected chi connectivity index (χ1v) is 3.79. The highest BCUT2D eigenvalue weighted by Gasteiger charge is 1.99. The Morgan fingerprint density at radius 3 is 2.12 bits per heavy atom. The molecule has 5 heteroatoms. The lowest BCUT2D eigenvalue weighted by atomic mass is 10.8. The van der Waals surface area contributed by atoms with E-state index >= 15 is 0 Å². The molecule has 0 heterocycles. The minimum absolute atomic E-state index is 0.420. The Morgan fingerprint density at radius 1 is 1.50 bits per heavy atom. The van der Waals surface area contributed by atoms with Crippen molar-refractivity contribution in [1.29, 1.82) is 0 Å². The van der Waals surface area contributed by atoms with Gasteiger partial charge in [-0.1, -0.05) is 6.92 Å². The third kappa shape index (κ3) is 2.95. The van der Waals surface area contributed by atoms with Crippen LogP contribution in [0.15, 0.2) is 0 Å². The monoisotopic (exact) mass is 138 g/mol. The Bertz CT molecular complexity index is 139. The van der Waals surface area contributed by atoms with Gasteiger partial charge in [0.05, 0.1) is 0 Å². The van der Waals surface area contributed by atoms with Crippen LogP contribution >= 0.6 is 0 Å². The van der Waals surface area contributed by atoms with Gasteiger partial charge in [-0.15, -0.1) is 0 Å². The lowest BCUT2D eigenvalue weighted by Gasteiger charge is -1.98. The SMILES string of the molecule is CCNS(=O)(=O)NC. The maximum absolute atomic E-state index is 10.4. The van der Waals surface area contributed by atoms with E-state index in [1.165, 1.54) is 7.05 Å². The van der Waals surface area contributed by atoms with Crippen LogP contribution in [0.5, 0.6) is 0 Å². The van der Waals surface area contributed by atoms with Crippen LogP contribution in [-0.4, -0.2) is 22.0 Å². The van der Waals surface area contributed by atoms with E-state index in [-0.39, 0.29) is 0 Å². The van der Waals surface area contributed by atoms with E-state index in [0.717, 1.165) is 0 Å². The molecule has 4 nitrogen and oxygen atoms in total. The second-order valence-electron chi connectivity index (χ2n) is 1.21. The van der Waals surface area contributed by atoms with Crippen molar-refractivity contribution < 1.29 is 8.42 Å². The lowest BCUT2D eigenvalue weighted by Crippen LogP contribution is -2.33. The largest absolute Gasteiger partial charge is 0.276 e. The minimum Gasteiger partial charge on any atom is -0.205 e. The van der Waals surface area contributed by atoms with Crippen LogP contribution in [0.4, 0.5) is 0 Å². The van der Waals surface area contributed by atoms with Crippen molar-refractivity contribution >= 4 is 10.2 Å². The fraction of sp³-hybridized carbons (Fsp3) is 1.00. The van der Waals surface area contributed by atoms with Crippen molar-refractivity contribution in [2.45, 2.75) is 6.92 Å². The number of nitrogens with one attached hydrogen (secondary N) is 2. The van der Waals surface area contributed by atoms with Gasteiger partial charge in [-0.2, -0.15) is 8.42 Å². The van der Waals surface area contributed by atoms with Gasteiger partial charge in [-0.05, 0) is 0 Å². The fourth-order valence-electron chi connectivity index (χ4n) is 0.262. The summed E-state index contributed by atoms with van der Waals surface area (Å²) in [5.41, 5.74) is 0. The molecule has 8 heavy (non-hydrogen) atoms. The van der Waals surface area contributed by atoms with Gasteiger partial charge in [0.1, 0.15) is 0 Å². The van der Waals surface area contributed by atoms with E-state index in [1.54, 1.807) is 6.92 Å². The van der Waals surface area contributed by atoms with E-state index in [4.69, 9.17) is 0 Å². The fourth-order valence-corrected chi connectivity index (χ4v) is 0.787. The highest BCUT2D eigenvalue weighted by Crippen LogP contribution is 1.68. The predicted octanol–water partition coefficient (Wildman–Crippen LogP) is -0.940. The average Bonchev–Trinajstić information content (AvgIpc) is 1.67. The Kier molecular flexibility index (Phi) is 2.96. The van der Waals surface area contributed by atoms with Gasteiger partial charge in [0.2, 0.25) is 0 Å². The molecular formula is C3H10N2O2S. The zero-order valence-electron chi connectivity index (χ0n) is 4.93. The molecule has 0 aliphatic heterocycles. The van der Waals surface area contributed by atoms with Crippen LogP contribution in [-0.2, 0) is 10.2 Å². The molecule has 0 aliphatic rings. The van der Waals surface area contributed by atoms with E-state index < -0.39 is 10.2 Å². The average molecular weight is 138 g/mol. The first kappa shape index (κ1) is 7.87. The van der Waals surface area contributed by atoms with Crippen molar-refractivity contribution in [3.63, 3.8) is 0 Å². The lowest BCUT2D eigenvalue weighted by molar-refractivity contribution is 0.575. The summed E-state index contributed by atoms with van der Waals surface area (Å²) in [6.07, 6.45) is 0. The molecule has 0 aromatic heterocycles. The molecule has 0 aromatic carbocycles. The van der Waals surface area contributed by atoms with Crippen molar-refractivity contribution in [1.82, 2.24) is 9.44 Å². The summed E-state index contributed by atoms with van der Waals surface area (Å²) in [4.78, 5) is 0. The predicted molar refractivity (Wildman–Crippen MR) is 31.7 cm³/mol. The normalized spacial score (nSPS) is 11.8. The molecule has 0 bridgehead atoms. The van der Waals surface area contributed by atoms with Crippen molar-refractivity contribution in [2.75, 3.05) is 13.6 Å². The van der Waals surface area contributed by atoms with Gasteiger partial charge in [0.25, 0.3) is 10.2 Å². The van der Waals surface area contributed by atoms with Crippen molar-refractivity contribution in [2.24, 2.45) is 0 Å². The van der Waals surface area contributed by atoms with Gasteiger partial charge in [-0.3, -0.25) is 0 Å². The summed E-state index contributed by atoms with van der Waals surface area (Å²) in [6.45, 7) is 2.14. The van der Waals surface area contributed by atoms with Crippen LogP contribution in [0.25, 0.3) is 0 Å². The van der Waals surface area contributed by atoms with E-state index in [0.29, 0.717) is 6.54 Å². The maximum atomic E-state index is 10.4. The van der Waals surface area contributed by atoms with Crippen LogP contribution < -0.4 is 9.44 Å². The minimum atomic E-state index is -3.17. The Morgan fingerprint density at radius 2 is 2.00 bits per heavy atom. The molecule has 2 N–H and O–H groups in total. The Labute approximate surface area is 49.5 Å². The second-order valence-corrected chi connectivity index (χ2v) is 2.91. The molecule has 0 spiro atoms. The number of hydrogen-bond acceptors (Lipinski definition) is 2. The van der Waals surface area contributed by atoms with Gasteiger partial charge in [0, 0.05) is 13.6 Å². The summed E-state index contributed by atoms with van der Waals surface area (Å²) < 4.78 is 25.1. The standard InChI is InChI=1S/C3H10N2O2S/c1-3-5-8(6,7)4-2/h4-5H,3H2,1-2H3. The second kappa shape index (κ2) is 3.01. The number of hydrogen-bond donors (Lipinski definition) is 2. The zero-order valence-corrected chi connectivity index (χ0v) is 5.75. The molecular weight excluding hydrogens is 128 g/mol. The van der Waals surface area contributed by atoms with Crippen molar-refractivity contribution in [3.8, 4) is 0 Å². The summed E-state index contributed by atoms with van der Waals surface area (Å²) in [5, 5.41) is 0. The van der Waals surface area contributed by atoms with Gasteiger partial charge < -0.3 is 0 Å². The first-order valence-electron chi connectivity index (χ1n) is 2.30. The zero-order chi connectivity index (χ0) is 6.62. The molecule has 0 saturated carbocycles. The summed E-state index contributed by atoms with van der Waals surface area (Å²) in [6, 6.07) is 0. The molecule has 50 valence electrons. The Hall–Kier alpha value is -0.130. The third-order valence-corrected chi connectivity index (χ3v) is 1.81. The van der Waals surface area contributed by atoms with E-state index in [2.05, 4.69) is 9.44 Å². The molecule has 0 amide bonds. The highest BCUT2D eigenvalue weighted by atomic mass is 32.2. The molecule has 0 radical (unpaired) electrons. The smallest absolute Gasteiger partial charge is 0.205 e. The summed E-state index contributed by atoms with van der Waals surface area (Å²) in [7, 11) is -1.81. The number of rotatable bonds is 3. The Balaban J connectivity index is 3.76. The van der Waals surface area contributed by atoms with E-state index in [1.807, 2.05) is 0 Å². The highest BCUT2D eigenvalue weighted by molar-refractivity contribution is 7.87. The van der Waals surface area contributed by atoms with Gasteiger partial charge >= 0.3 is 0 Å². The first-order chi connectivity index (χ1) is 3.62. The summed E-state index contributed by atoms with van der Waals surface area (Å²) >= 11 is 0. The quantitative estimate of drug-likeness (QED) is 0.529. The van der Waals surface area contributed by atoms with Crippen LogP contribution in [0.2, 0.25) is 0 Å². The molecule has 0 fully saturated rings. The van der Waals surface area contributed by atoms with Gasteiger partial charge in [-0.25, -0.2) is 9.44 Å². The molecule has 0 atom stereocenters. The molecule has 0 saturated heterocycles. The van der Waals surface area contributed by atoms with Crippen molar-refractivity contribution in [3.05, 3.63) is 0 Å². The molecule has 0 aliphatic carbocycles. The van der Waals surface area contributed by atoms with Crippen LogP contribution in [0.1, 0.15) is 6.92 Å². The molecule has 0 aromatic rings. The van der Waals surface area contributed by atoms with E-state index in [9.17, 15) is 8.42 Å². The maximum Gasteiger partial charge on any atom is 0.276 e. The molecule has 0 rings (SSSR count). The summed E-state index contributed by atoms with van der Waals surface area (Å²) in [5.74, 6) is 0. The third-order valence-electron chi connectivity index (χ3n) is 0.603. The molecule has 0 unspecified atom stereocenters. The van der Waals surface area contributed by atoms with Gasteiger partial charge in [0.15, 0.2) is 0 Å². The van der Waals surface area contributed by atoms with Crippen LogP contribution in [0.3, 0.4) is 0 Å². The van der Waals surface area contributed by atoms with Crippen LogP contribution in [0, 0.1) is 0 Å².